The van der Waals surface area contributed by atoms with Gasteiger partial charge < -0.3 is 0 Å². The highest BCUT2D eigenvalue weighted by Crippen LogP contribution is 2.56. The molecular weight excluding hydrogens is 369 g/mol. The lowest BCUT2D eigenvalue weighted by molar-refractivity contribution is 0.999. The van der Waals surface area contributed by atoms with Crippen LogP contribution in [0.5, 0.6) is 0 Å². The van der Waals surface area contributed by atoms with Gasteiger partial charge in [0.25, 0.3) is 0 Å². The average Bonchev–Trinajstić information content (AvgIpc) is 2.35. The van der Waals surface area contributed by atoms with Crippen molar-refractivity contribution in [2.24, 2.45) is 0 Å². The van der Waals surface area contributed by atoms with Gasteiger partial charge in [0, 0.05) is 0 Å². The Morgan fingerprint density at radius 1 is 0.722 bits per heavy atom. The van der Waals surface area contributed by atoms with Gasteiger partial charge >= 0.3 is 0 Å². The van der Waals surface area contributed by atoms with E-state index in [0.717, 1.165) is 24.3 Å². The van der Waals surface area contributed by atoms with E-state index in [1.807, 2.05) is 64.8 Å². The Morgan fingerprint density at radius 3 is 1.28 bits per heavy atom. The first-order valence-electron chi connectivity index (χ1n) is 5.93. The van der Waals surface area contributed by atoms with Crippen LogP contribution in [0.15, 0.2) is 0 Å². The van der Waals surface area contributed by atoms with E-state index in [2.05, 4.69) is 48.2 Å². The molecule has 0 saturated heterocycles. The number of hydrogen-bond donors (Lipinski definition) is 0. The van der Waals surface area contributed by atoms with Crippen LogP contribution >= 0.6 is 64.8 Å². The third-order valence-corrected chi connectivity index (χ3v) is 15.9. The molecule has 0 rings (SSSR count). The predicted octanol–water partition coefficient (Wildman–Crippen LogP) is 5.64. The van der Waals surface area contributed by atoms with E-state index in [1.54, 1.807) is 0 Å². The van der Waals surface area contributed by atoms with Gasteiger partial charge in [-0.3, -0.25) is 0 Å². The summed E-state index contributed by atoms with van der Waals surface area (Å²) >= 11 is 3.94. The Balaban J connectivity index is 3.96. The fraction of sp³-hybridized carbons (Fsp3) is 1.00. The molecule has 0 aliphatic carbocycles. The molecule has 0 bridgehead atoms. The normalized spacial score (nSPS) is 18.3. The zero-order valence-electron chi connectivity index (χ0n) is 11.3. The molecule has 8 heteroatoms. The first-order valence-corrected chi connectivity index (χ1v) is 13.7. The van der Waals surface area contributed by atoms with Gasteiger partial charge in [0.05, 0.1) is 27.9 Å². The predicted molar refractivity (Wildman–Crippen MR) is 104 cm³/mol. The molecule has 18 heavy (non-hydrogen) atoms. The molecule has 0 saturated carbocycles. The van der Waals surface area contributed by atoms with Crippen molar-refractivity contribution in [3.63, 3.8) is 0 Å². The second-order valence-electron chi connectivity index (χ2n) is 3.38. The van der Waals surface area contributed by atoms with Gasteiger partial charge in [-0.15, -0.1) is 23.5 Å². The van der Waals surface area contributed by atoms with Crippen LogP contribution in [0.1, 0.15) is 40.5 Å². The number of rotatable bonds is 11. The zero-order valence-corrected chi connectivity index (χ0v) is 18.2. The Labute approximate surface area is 143 Å². The summed E-state index contributed by atoms with van der Waals surface area (Å²) in [7, 11) is 15.4. The van der Waals surface area contributed by atoms with Crippen LogP contribution < -0.4 is 0 Å². The van der Waals surface area contributed by atoms with Crippen molar-refractivity contribution >= 4 is 85.2 Å². The molecule has 0 spiro atoms. The van der Waals surface area contributed by atoms with Gasteiger partial charge in [-0.1, -0.05) is 49.3 Å². The Hall–Kier alpha value is 2.53. The maximum atomic E-state index is 3.89. The standard InChI is InChI=1S/C10H20S6Si2/c1-5-9(17,11-7-3)13-15-16-14-10(18,6-2)12-8-4/h5-8H2,1-4H3. The van der Waals surface area contributed by atoms with E-state index in [0.29, 0.717) is 0 Å². The lowest BCUT2D eigenvalue weighted by atomic mass is 10.6. The molecule has 0 amide bonds. The molecule has 0 heterocycles. The Kier molecular flexibility index (Phi) is 12.7. The van der Waals surface area contributed by atoms with Gasteiger partial charge in [-0.25, -0.2) is 0 Å². The molecule has 0 aromatic rings. The van der Waals surface area contributed by atoms with Crippen LogP contribution in [0.2, 0.25) is 0 Å². The maximum Gasteiger partial charge on any atom is 0.0626 e. The van der Waals surface area contributed by atoms with E-state index < -0.39 is 0 Å². The summed E-state index contributed by atoms with van der Waals surface area (Å²) in [6.45, 7) is 8.88. The largest absolute Gasteiger partial charge is 0.148 e. The first kappa shape index (κ1) is 20.5. The second-order valence-corrected chi connectivity index (χ2v) is 16.4. The van der Waals surface area contributed by atoms with Gasteiger partial charge in [0.1, 0.15) is 0 Å². The van der Waals surface area contributed by atoms with E-state index in [9.17, 15) is 0 Å². The van der Waals surface area contributed by atoms with Gasteiger partial charge in [0.15, 0.2) is 0 Å². The minimum atomic E-state index is 0.158. The molecule has 104 valence electrons. The van der Waals surface area contributed by atoms with Crippen LogP contribution in [0, 0.1) is 0 Å². The molecule has 0 fully saturated rings. The van der Waals surface area contributed by atoms with Crippen LogP contribution in [-0.4, -0.2) is 39.4 Å². The van der Waals surface area contributed by atoms with Gasteiger partial charge in [0.2, 0.25) is 0 Å². The molecule has 2 unspecified atom stereocenters. The van der Waals surface area contributed by atoms with Gasteiger partial charge in [-0.2, -0.15) is 0 Å². The minimum Gasteiger partial charge on any atom is -0.148 e. The highest BCUT2D eigenvalue weighted by Gasteiger charge is 2.26. The topological polar surface area (TPSA) is 0 Å². The Morgan fingerprint density at radius 2 is 1.06 bits per heavy atom. The molecule has 0 aromatic heterocycles. The number of hydrogen-bond acceptors (Lipinski definition) is 6. The van der Waals surface area contributed by atoms with Crippen molar-refractivity contribution in [2.75, 3.05) is 11.5 Å². The summed E-state index contributed by atoms with van der Waals surface area (Å²) in [6.07, 6.45) is 2.25. The molecule has 6 radical (unpaired) electrons. The lowest BCUT2D eigenvalue weighted by Gasteiger charge is -2.27. The summed E-state index contributed by atoms with van der Waals surface area (Å²) < 4.78 is 0.316. The summed E-state index contributed by atoms with van der Waals surface area (Å²) in [6, 6.07) is 0. The van der Waals surface area contributed by atoms with Crippen molar-refractivity contribution in [3.05, 3.63) is 0 Å². The highest BCUT2D eigenvalue weighted by molar-refractivity contribution is 9.27. The summed E-state index contributed by atoms with van der Waals surface area (Å²) in [5.74, 6) is 2.29. The van der Waals surface area contributed by atoms with Crippen molar-refractivity contribution in [1.82, 2.24) is 0 Å². The monoisotopic (exact) mass is 388 g/mol. The number of thioether (sulfide) groups is 2. The third kappa shape index (κ3) is 8.74. The maximum absolute atomic E-state index is 3.89. The van der Waals surface area contributed by atoms with Crippen LogP contribution in [-0.2, 0) is 0 Å². The molecular formula is C10H20S6Si2. The summed E-state index contributed by atoms with van der Waals surface area (Å²) in [5.41, 5.74) is 0. The van der Waals surface area contributed by atoms with Crippen molar-refractivity contribution in [3.8, 4) is 0 Å². The van der Waals surface area contributed by atoms with Crippen molar-refractivity contribution in [1.29, 1.82) is 0 Å². The van der Waals surface area contributed by atoms with Crippen LogP contribution in [0.4, 0.5) is 0 Å². The van der Waals surface area contributed by atoms with E-state index in [1.165, 1.54) is 0 Å². The minimum absolute atomic E-state index is 0.158. The highest BCUT2D eigenvalue weighted by atomic mass is 33.7. The zero-order chi connectivity index (χ0) is 14.1. The van der Waals surface area contributed by atoms with Crippen LogP contribution in [0.3, 0.4) is 0 Å². The fourth-order valence-electron chi connectivity index (χ4n) is 0.974. The average molecular weight is 389 g/mol. The molecule has 0 N–H and O–H groups in total. The van der Waals surface area contributed by atoms with Crippen molar-refractivity contribution in [2.45, 2.75) is 47.9 Å². The SMILES string of the molecule is CCSC([Si])(CC)SSSSC([Si])(CC)SCC. The van der Waals surface area contributed by atoms with Crippen LogP contribution in [0.25, 0.3) is 0 Å². The summed E-state index contributed by atoms with van der Waals surface area (Å²) in [4.78, 5) is 0. The first-order chi connectivity index (χ1) is 8.45. The van der Waals surface area contributed by atoms with Crippen molar-refractivity contribution < 1.29 is 0 Å². The van der Waals surface area contributed by atoms with E-state index >= 15 is 0 Å². The molecule has 2 atom stereocenters. The quantitative estimate of drug-likeness (QED) is 0.193. The smallest absolute Gasteiger partial charge is 0.0626 e. The second kappa shape index (κ2) is 11.1. The molecule has 0 aliphatic rings. The molecule has 0 nitrogen and oxygen atoms in total. The third-order valence-electron chi connectivity index (χ3n) is 2.05. The Bertz CT molecular complexity index is 199. The van der Waals surface area contributed by atoms with E-state index in [-0.39, 0.29) is 7.40 Å². The summed E-state index contributed by atoms with van der Waals surface area (Å²) in [5, 5.41) is 0. The lowest BCUT2D eigenvalue weighted by Crippen LogP contribution is -2.18. The fourth-order valence-corrected chi connectivity index (χ4v) is 14.5. The van der Waals surface area contributed by atoms with E-state index in [4.69, 9.17) is 0 Å². The molecule has 0 aromatic carbocycles. The van der Waals surface area contributed by atoms with Gasteiger partial charge in [-0.05, 0) is 44.0 Å². The molecule has 0 aliphatic heterocycles.